The average Bonchev–Trinajstić information content (AvgIpc) is 3.68. The van der Waals surface area contributed by atoms with Crippen LogP contribution in [0.1, 0.15) is 56.8 Å². The highest BCUT2D eigenvalue weighted by Gasteiger charge is 2.65. The number of hydrogen-bond acceptors (Lipinski definition) is 5. The normalized spacial score (nSPS) is 17.4. The monoisotopic (exact) mass is 620 g/mol. The quantitative estimate of drug-likeness (QED) is 0.340. The third kappa shape index (κ3) is 5.65. The number of nitrogens with zero attached hydrogens (tertiary/aromatic N) is 3. The van der Waals surface area contributed by atoms with Crippen molar-refractivity contribution in [2.24, 2.45) is 5.92 Å². The molecule has 1 aromatic heterocycles. The van der Waals surface area contributed by atoms with Gasteiger partial charge in [0.1, 0.15) is 5.82 Å². The number of amides is 1. The SMILES string of the molecule is CN(C)CCNC(=O)[C@H]1CCc2c(-c3ccc(C(=O)O)cc3F)nn(C(=O)c3c(Cl)cccc3C3(C(F)(F)F)CC3)c2C1. The van der Waals surface area contributed by atoms with Gasteiger partial charge in [-0.3, -0.25) is 9.59 Å². The number of halogens is 5. The Morgan fingerprint density at radius 1 is 1.19 bits per heavy atom. The largest absolute Gasteiger partial charge is 0.478 e. The van der Waals surface area contributed by atoms with Gasteiger partial charge < -0.3 is 15.3 Å². The molecule has 228 valence electrons. The zero-order valence-corrected chi connectivity index (χ0v) is 24.2. The topological polar surface area (TPSA) is 105 Å². The van der Waals surface area contributed by atoms with Crippen molar-refractivity contribution in [1.29, 1.82) is 0 Å². The number of rotatable bonds is 8. The Morgan fingerprint density at radius 3 is 2.51 bits per heavy atom. The summed E-state index contributed by atoms with van der Waals surface area (Å²) < 4.78 is 58.7. The smallest absolute Gasteiger partial charge is 0.398 e. The maximum Gasteiger partial charge on any atom is 0.398 e. The number of carboxylic acids is 1. The number of likely N-dealkylation sites (N-methyl/N-ethyl adjacent to an activating group) is 1. The Labute approximate surface area is 249 Å². The van der Waals surface area contributed by atoms with Crippen LogP contribution in [0.4, 0.5) is 17.6 Å². The predicted molar refractivity (Wildman–Crippen MR) is 150 cm³/mol. The molecule has 5 rings (SSSR count). The van der Waals surface area contributed by atoms with E-state index in [1.54, 1.807) is 0 Å². The molecule has 3 aromatic rings. The highest BCUT2D eigenvalue weighted by molar-refractivity contribution is 6.34. The minimum atomic E-state index is -4.62. The lowest BCUT2D eigenvalue weighted by atomic mass is 9.84. The molecule has 2 aliphatic carbocycles. The van der Waals surface area contributed by atoms with Crippen LogP contribution in [0.2, 0.25) is 5.02 Å². The fraction of sp³-hybridized carbons (Fsp3) is 0.400. The lowest BCUT2D eigenvalue weighted by molar-refractivity contribution is -0.160. The first kappa shape index (κ1) is 30.7. The molecule has 0 unspecified atom stereocenters. The molecule has 1 saturated carbocycles. The number of carboxylic acid groups (broad SMARTS) is 1. The van der Waals surface area contributed by atoms with Gasteiger partial charge in [-0.15, -0.1) is 0 Å². The molecule has 1 fully saturated rings. The summed E-state index contributed by atoms with van der Waals surface area (Å²) in [5.41, 5.74) is -2.41. The molecule has 13 heteroatoms. The summed E-state index contributed by atoms with van der Waals surface area (Å²) in [6.07, 6.45) is -4.40. The van der Waals surface area contributed by atoms with Gasteiger partial charge in [0.25, 0.3) is 5.91 Å². The van der Waals surface area contributed by atoms with Crippen LogP contribution in [0.5, 0.6) is 0 Å². The molecule has 8 nitrogen and oxygen atoms in total. The number of nitrogens with one attached hydrogen (secondary N) is 1. The summed E-state index contributed by atoms with van der Waals surface area (Å²) in [4.78, 5) is 40.4. The number of benzene rings is 2. The first-order chi connectivity index (χ1) is 20.2. The van der Waals surface area contributed by atoms with Crippen molar-refractivity contribution >= 4 is 29.4 Å². The maximum atomic E-state index is 15.2. The maximum absolute atomic E-state index is 15.2. The summed E-state index contributed by atoms with van der Waals surface area (Å²) in [6, 6.07) is 7.19. The summed E-state index contributed by atoms with van der Waals surface area (Å²) in [5.74, 6) is -3.97. The molecule has 0 aliphatic heterocycles. The van der Waals surface area contributed by atoms with Crippen molar-refractivity contribution in [3.05, 3.63) is 75.2 Å². The fourth-order valence-electron chi connectivity index (χ4n) is 5.68. The summed E-state index contributed by atoms with van der Waals surface area (Å²) in [7, 11) is 3.72. The minimum Gasteiger partial charge on any atom is -0.478 e. The number of alkyl halides is 3. The van der Waals surface area contributed by atoms with Gasteiger partial charge >= 0.3 is 12.1 Å². The van der Waals surface area contributed by atoms with Crippen LogP contribution in [0.3, 0.4) is 0 Å². The zero-order valence-electron chi connectivity index (χ0n) is 23.4. The predicted octanol–water partition coefficient (Wildman–Crippen LogP) is 5.11. The molecule has 1 amide bonds. The highest BCUT2D eigenvalue weighted by Crippen LogP contribution is 2.60. The van der Waals surface area contributed by atoms with Gasteiger partial charge in [-0.2, -0.15) is 23.0 Å². The molecule has 0 radical (unpaired) electrons. The summed E-state index contributed by atoms with van der Waals surface area (Å²) in [5, 5.41) is 16.3. The van der Waals surface area contributed by atoms with Crippen LogP contribution in [-0.4, -0.2) is 70.9 Å². The molecule has 2 aliphatic rings. The van der Waals surface area contributed by atoms with Crippen molar-refractivity contribution in [3.63, 3.8) is 0 Å². The van der Waals surface area contributed by atoms with Gasteiger partial charge in [-0.1, -0.05) is 23.7 Å². The van der Waals surface area contributed by atoms with E-state index in [1.807, 2.05) is 19.0 Å². The van der Waals surface area contributed by atoms with E-state index in [9.17, 15) is 32.7 Å². The lowest BCUT2D eigenvalue weighted by Gasteiger charge is -2.25. The third-order valence-electron chi connectivity index (χ3n) is 8.20. The van der Waals surface area contributed by atoms with Crippen LogP contribution in [0, 0.1) is 11.7 Å². The van der Waals surface area contributed by atoms with Gasteiger partial charge in [0.15, 0.2) is 0 Å². The molecule has 1 heterocycles. The van der Waals surface area contributed by atoms with Crippen LogP contribution in [0.15, 0.2) is 36.4 Å². The highest BCUT2D eigenvalue weighted by atomic mass is 35.5. The number of aromatic nitrogens is 2. The van der Waals surface area contributed by atoms with E-state index in [-0.39, 0.29) is 70.3 Å². The summed E-state index contributed by atoms with van der Waals surface area (Å²) in [6.45, 7) is 0.994. The van der Waals surface area contributed by atoms with E-state index >= 15 is 4.39 Å². The number of hydrogen-bond donors (Lipinski definition) is 2. The first-order valence-corrected chi connectivity index (χ1v) is 14.1. The Morgan fingerprint density at radius 2 is 1.91 bits per heavy atom. The molecular weight excluding hydrogens is 592 g/mol. The van der Waals surface area contributed by atoms with E-state index in [4.69, 9.17) is 11.6 Å². The van der Waals surface area contributed by atoms with E-state index in [2.05, 4.69) is 10.4 Å². The molecule has 1 atom stereocenters. The van der Waals surface area contributed by atoms with E-state index in [1.165, 1.54) is 30.3 Å². The standard InChI is InChI=1S/C30H29ClF4N4O4/c1-38(2)13-12-36-26(40)16-6-9-19-23(15-16)39(37-25(19)18-8-7-17(28(42)43)14-22(18)32)27(41)24-20(4-3-5-21(24)31)29(10-11-29)30(33,34)35/h3-5,7-8,14,16H,6,9-13,15H2,1-2H3,(H,36,40)(H,42,43)/t16-/m0/s1. The molecule has 2 N–H and O–H groups in total. The van der Waals surface area contributed by atoms with Gasteiger partial charge in [-0.25, -0.2) is 9.18 Å². The average molecular weight is 621 g/mol. The molecule has 2 aromatic carbocycles. The van der Waals surface area contributed by atoms with E-state index in [0.717, 1.165) is 10.7 Å². The van der Waals surface area contributed by atoms with Crippen molar-refractivity contribution in [2.75, 3.05) is 27.2 Å². The van der Waals surface area contributed by atoms with E-state index < -0.39 is 35.2 Å². The van der Waals surface area contributed by atoms with E-state index in [0.29, 0.717) is 25.1 Å². The van der Waals surface area contributed by atoms with Crippen LogP contribution >= 0.6 is 11.6 Å². The van der Waals surface area contributed by atoms with Crippen molar-refractivity contribution < 1.29 is 37.1 Å². The number of fused-ring (bicyclic) bond motifs is 1. The van der Waals surface area contributed by atoms with Crippen molar-refractivity contribution in [1.82, 2.24) is 20.0 Å². The second-order valence-corrected chi connectivity index (χ2v) is 11.7. The van der Waals surface area contributed by atoms with Crippen LogP contribution < -0.4 is 5.32 Å². The number of carbonyl (C=O) groups is 3. The summed E-state index contributed by atoms with van der Waals surface area (Å²) >= 11 is 6.39. The molecular formula is C30H29ClF4N4O4. The molecule has 0 saturated heterocycles. The van der Waals surface area contributed by atoms with Gasteiger partial charge in [0, 0.05) is 36.6 Å². The second kappa shape index (κ2) is 11.4. The fourth-order valence-corrected chi connectivity index (χ4v) is 5.94. The van der Waals surface area contributed by atoms with Gasteiger partial charge in [-0.05, 0) is 69.6 Å². The Balaban J connectivity index is 1.61. The number of carbonyl (C=O) groups excluding carboxylic acids is 2. The Hall–Kier alpha value is -3.77. The van der Waals surface area contributed by atoms with Crippen molar-refractivity contribution in [3.8, 4) is 11.3 Å². The zero-order chi connectivity index (χ0) is 31.3. The molecule has 43 heavy (non-hydrogen) atoms. The van der Waals surface area contributed by atoms with Crippen LogP contribution in [-0.2, 0) is 23.1 Å². The van der Waals surface area contributed by atoms with Gasteiger partial charge in [0.05, 0.1) is 33.0 Å². The molecule has 0 bridgehead atoms. The van der Waals surface area contributed by atoms with Crippen molar-refractivity contribution in [2.45, 2.75) is 43.7 Å². The molecule has 0 spiro atoms. The lowest BCUT2D eigenvalue weighted by Crippen LogP contribution is -2.38. The van der Waals surface area contributed by atoms with Gasteiger partial charge in [0.2, 0.25) is 5.91 Å². The van der Waals surface area contributed by atoms with Crippen LogP contribution in [0.25, 0.3) is 11.3 Å². The number of aromatic carboxylic acids is 1. The first-order valence-electron chi connectivity index (χ1n) is 13.7. The Kier molecular flexibility index (Phi) is 8.12. The third-order valence-corrected chi connectivity index (χ3v) is 8.52. The minimum absolute atomic E-state index is 0.0287. The second-order valence-electron chi connectivity index (χ2n) is 11.3. The Bertz CT molecular complexity index is 1610.